The van der Waals surface area contributed by atoms with Crippen LogP contribution in [0.25, 0.3) is 5.65 Å². The summed E-state index contributed by atoms with van der Waals surface area (Å²) in [4.78, 5) is 44.2. The Morgan fingerprint density at radius 1 is 1.10 bits per heavy atom. The quantitative estimate of drug-likeness (QED) is 0.475. The summed E-state index contributed by atoms with van der Waals surface area (Å²) >= 11 is 0. The molecule has 158 valence electrons. The molecule has 0 atom stereocenters. The molecule has 0 unspecified atom stereocenters. The first-order valence-corrected chi connectivity index (χ1v) is 10.6. The van der Waals surface area contributed by atoms with Crippen molar-refractivity contribution in [1.82, 2.24) is 14.3 Å². The lowest BCUT2D eigenvalue weighted by Gasteiger charge is -2.29. The van der Waals surface area contributed by atoms with E-state index in [0.29, 0.717) is 11.3 Å². The molecule has 0 saturated heterocycles. The van der Waals surface area contributed by atoms with Crippen LogP contribution in [0.4, 0.5) is 0 Å². The number of rotatable bonds is 4. The van der Waals surface area contributed by atoms with Crippen LogP contribution in [-0.4, -0.2) is 38.1 Å². The predicted octanol–water partition coefficient (Wildman–Crippen LogP) is 3.93. The maximum Gasteiger partial charge on any atom is 0.338 e. The highest BCUT2D eigenvalue weighted by Crippen LogP contribution is 2.31. The zero-order chi connectivity index (χ0) is 21.5. The lowest BCUT2D eigenvalue weighted by atomic mass is 9.94. The number of hydrogen-bond acceptors (Lipinski definition) is 5. The fourth-order valence-electron chi connectivity index (χ4n) is 4.55. The van der Waals surface area contributed by atoms with E-state index in [-0.39, 0.29) is 35.6 Å². The second kappa shape index (κ2) is 7.65. The van der Waals surface area contributed by atoms with Crippen LogP contribution < -0.4 is 0 Å². The van der Waals surface area contributed by atoms with Crippen molar-refractivity contribution in [2.45, 2.75) is 51.7 Å². The molecule has 0 spiro atoms. The molecular formula is C24H23N3O4. The topological polar surface area (TPSA) is 81.0 Å². The highest BCUT2D eigenvalue weighted by Gasteiger charge is 2.40. The van der Waals surface area contributed by atoms with Crippen molar-refractivity contribution in [2.24, 2.45) is 0 Å². The fourth-order valence-corrected chi connectivity index (χ4v) is 4.55. The van der Waals surface area contributed by atoms with Gasteiger partial charge in [-0.2, -0.15) is 0 Å². The number of ether oxygens (including phenoxy) is 1. The molecule has 0 radical (unpaired) electrons. The monoisotopic (exact) mass is 417 g/mol. The van der Waals surface area contributed by atoms with E-state index in [1.54, 1.807) is 12.1 Å². The molecule has 0 N–H and O–H groups in total. The fraction of sp³-hybridized carbons (Fsp3) is 0.333. The van der Waals surface area contributed by atoms with E-state index in [4.69, 9.17) is 4.74 Å². The van der Waals surface area contributed by atoms with Gasteiger partial charge < -0.3 is 9.14 Å². The Hall–Kier alpha value is -3.48. The Kier molecular flexibility index (Phi) is 4.81. The van der Waals surface area contributed by atoms with Gasteiger partial charge in [0, 0.05) is 18.4 Å². The molecule has 1 aromatic carbocycles. The van der Waals surface area contributed by atoms with Crippen molar-refractivity contribution in [2.75, 3.05) is 0 Å². The summed E-state index contributed by atoms with van der Waals surface area (Å²) < 4.78 is 7.31. The third kappa shape index (κ3) is 3.40. The van der Waals surface area contributed by atoms with Gasteiger partial charge in [0.2, 0.25) is 0 Å². The van der Waals surface area contributed by atoms with Gasteiger partial charge in [0.25, 0.3) is 11.8 Å². The van der Waals surface area contributed by atoms with Gasteiger partial charge in [-0.1, -0.05) is 25.3 Å². The molecule has 2 amide bonds. The highest BCUT2D eigenvalue weighted by molar-refractivity contribution is 6.22. The number of amides is 2. The number of carbonyl (C=O) groups excluding carboxylic acids is 3. The van der Waals surface area contributed by atoms with Gasteiger partial charge in [-0.05, 0) is 49.6 Å². The van der Waals surface area contributed by atoms with Crippen LogP contribution >= 0.6 is 0 Å². The lowest BCUT2D eigenvalue weighted by Crippen LogP contribution is -2.40. The molecule has 2 aliphatic rings. The van der Waals surface area contributed by atoms with E-state index in [0.717, 1.165) is 43.3 Å². The first-order chi connectivity index (χ1) is 15.0. The van der Waals surface area contributed by atoms with Gasteiger partial charge in [-0.15, -0.1) is 0 Å². The number of imidazole rings is 1. The molecule has 1 aliphatic carbocycles. The van der Waals surface area contributed by atoms with Crippen molar-refractivity contribution in [3.63, 3.8) is 0 Å². The molecule has 1 saturated carbocycles. The molecule has 31 heavy (non-hydrogen) atoms. The molecule has 0 bridgehead atoms. The number of esters is 1. The van der Waals surface area contributed by atoms with Crippen molar-refractivity contribution in [1.29, 1.82) is 0 Å². The van der Waals surface area contributed by atoms with E-state index >= 15 is 0 Å². The van der Waals surface area contributed by atoms with Crippen LogP contribution in [0, 0.1) is 6.92 Å². The number of fused-ring (bicyclic) bond motifs is 2. The molecule has 7 heteroatoms. The molecule has 3 aromatic rings. The van der Waals surface area contributed by atoms with E-state index in [1.165, 1.54) is 11.0 Å². The first kappa shape index (κ1) is 19.5. The van der Waals surface area contributed by atoms with Crippen LogP contribution in [0.2, 0.25) is 0 Å². The van der Waals surface area contributed by atoms with E-state index in [9.17, 15) is 14.4 Å². The Morgan fingerprint density at radius 2 is 1.87 bits per heavy atom. The number of carbonyl (C=O) groups is 3. The Labute approximate surface area is 179 Å². The summed E-state index contributed by atoms with van der Waals surface area (Å²) in [5.41, 5.74) is 3.39. The van der Waals surface area contributed by atoms with Crippen molar-refractivity contribution >= 4 is 23.4 Å². The SMILES string of the molecule is Cc1cccn2cc(COC(=O)c3ccc4c(c3)C(=O)N(C3CCCCC3)C4=O)nc12. The smallest absolute Gasteiger partial charge is 0.338 e. The van der Waals surface area contributed by atoms with Crippen molar-refractivity contribution in [3.8, 4) is 0 Å². The van der Waals surface area contributed by atoms with E-state index < -0.39 is 5.97 Å². The summed E-state index contributed by atoms with van der Waals surface area (Å²) in [5, 5.41) is 0. The van der Waals surface area contributed by atoms with Crippen LogP contribution in [0.5, 0.6) is 0 Å². The summed E-state index contributed by atoms with van der Waals surface area (Å²) in [5.74, 6) is -1.11. The molecule has 7 nitrogen and oxygen atoms in total. The predicted molar refractivity (Wildman–Crippen MR) is 113 cm³/mol. The highest BCUT2D eigenvalue weighted by atomic mass is 16.5. The van der Waals surface area contributed by atoms with Crippen molar-refractivity contribution < 1.29 is 19.1 Å². The average Bonchev–Trinajstić information content (AvgIpc) is 3.32. The van der Waals surface area contributed by atoms with E-state index in [1.807, 2.05) is 35.9 Å². The second-order valence-electron chi connectivity index (χ2n) is 8.26. The van der Waals surface area contributed by atoms with Gasteiger partial charge in [-0.25, -0.2) is 9.78 Å². The number of aryl methyl sites for hydroxylation is 1. The molecule has 5 rings (SSSR count). The van der Waals surface area contributed by atoms with Crippen molar-refractivity contribution in [3.05, 3.63) is 70.7 Å². The largest absolute Gasteiger partial charge is 0.456 e. The first-order valence-electron chi connectivity index (χ1n) is 10.6. The number of benzene rings is 1. The van der Waals surface area contributed by atoms with Gasteiger partial charge >= 0.3 is 5.97 Å². The van der Waals surface area contributed by atoms with Crippen LogP contribution in [-0.2, 0) is 11.3 Å². The lowest BCUT2D eigenvalue weighted by molar-refractivity contribution is 0.0467. The van der Waals surface area contributed by atoms with Crippen LogP contribution in [0.3, 0.4) is 0 Å². The summed E-state index contributed by atoms with van der Waals surface area (Å²) in [7, 11) is 0. The maximum absolute atomic E-state index is 12.9. The minimum absolute atomic E-state index is 0.0259. The summed E-state index contributed by atoms with van der Waals surface area (Å²) in [6.07, 6.45) is 8.60. The van der Waals surface area contributed by atoms with Crippen LogP contribution in [0.15, 0.2) is 42.7 Å². The number of aromatic nitrogens is 2. The standard InChI is InChI=1S/C24H23N3O4/c1-15-6-5-11-26-13-17(25-21(15)26)14-31-24(30)16-9-10-19-20(12-16)23(29)27(22(19)28)18-7-3-2-4-8-18/h5-6,9-13,18H,2-4,7-8,14H2,1H3. The number of hydrogen-bond donors (Lipinski definition) is 0. The Morgan fingerprint density at radius 3 is 2.65 bits per heavy atom. The Bertz CT molecular complexity index is 1210. The maximum atomic E-state index is 12.9. The third-order valence-corrected chi connectivity index (χ3v) is 6.17. The van der Waals surface area contributed by atoms with Gasteiger partial charge in [0.15, 0.2) is 0 Å². The minimum atomic E-state index is -0.548. The molecular weight excluding hydrogens is 394 g/mol. The zero-order valence-corrected chi connectivity index (χ0v) is 17.3. The molecule has 2 aromatic heterocycles. The average molecular weight is 417 g/mol. The number of imide groups is 1. The van der Waals surface area contributed by atoms with Gasteiger partial charge in [0.1, 0.15) is 12.3 Å². The van der Waals surface area contributed by atoms with Crippen LogP contribution in [0.1, 0.15) is 74.4 Å². The Balaban J connectivity index is 1.32. The normalized spacial score (nSPS) is 16.7. The van der Waals surface area contributed by atoms with Gasteiger partial charge in [-0.3, -0.25) is 14.5 Å². The molecule has 1 aliphatic heterocycles. The minimum Gasteiger partial charge on any atom is -0.456 e. The number of pyridine rings is 1. The van der Waals surface area contributed by atoms with Gasteiger partial charge in [0.05, 0.1) is 22.4 Å². The van der Waals surface area contributed by atoms with E-state index in [2.05, 4.69) is 4.98 Å². The molecule has 3 heterocycles. The summed E-state index contributed by atoms with van der Waals surface area (Å²) in [6.45, 7) is 2.00. The third-order valence-electron chi connectivity index (χ3n) is 6.17. The summed E-state index contributed by atoms with van der Waals surface area (Å²) in [6, 6.07) is 8.44. The second-order valence-corrected chi connectivity index (χ2v) is 8.26. The number of nitrogens with zero attached hydrogens (tertiary/aromatic N) is 3. The zero-order valence-electron chi connectivity index (χ0n) is 17.3. The molecule has 1 fully saturated rings.